The molecular formula is C48H48F8N15O6+. The van der Waals surface area contributed by atoms with Crippen LogP contribution in [0.3, 0.4) is 0 Å². The normalized spacial score (nSPS) is 30.7. The second-order valence-electron chi connectivity index (χ2n) is 21.7. The number of nitrogens with one attached hydrogen (secondary N) is 6. The van der Waals surface area contributed by atoms with Crippen LogP contribution in [0.1, 0.15) is 129 Å². The quantitative estimate of drug-likeness (QED) is 0.0397. The Morgan fingerprint density at radius 1 is 0.714 bits per heavy atom. The Bertz CT molecular complexity index is 3340. The van der Waals surface area contributed by atoms with Crippen molar-refractivity contribution < 1.29 is 68.3 Å². The second-order valence-corrected chi connectivity index (χ2v) is 21.7. The molecule has 0 aromatic carbocycles. The highest BCUT2D eigenvalue weighted by Gasteiger charge is 2.59. The van der Waals surface area contributed by atoms with Crippen LogP contribution >= 0.6 is 0 Å². The number of alkyl halides is 8. The molecule has 6 aromatic rings. The van der Waals surface area contributed by atoms with Crippen LogP contribution in [0.25, 0.3) is 11.3 Å². The van der Waals surface area contributed by atoms with Crippen LogP contribution in [0.4, 0.5) is 68.2 Å². The lowest BCUT2D eigenvalue weighted by molar-refractivity contribution is -0.742. The molecule has 9 aliphatic carbocycles. The molecule has 4 bridgehead atoms. The number of fused-ring (bicyclic) bond motifs is 2. The van der Waals surface area contributed by atoms with Crippen LogP contribution in [0, 0.1) is 23.2 Å². The summed E-state index contributed by atoms with van der Waals surface area (Å²) in [4.78, 5) is 43.5. The maximum absolute atomic E-state index is 16.5. The minimum atomic E-state index is -4.96. The summed E-state index contributed by atoms with van der Waals surface area (Å²) in [5.74, 6) is -0.269. The molecule has 77 heavy (non-hydrogen) atoms. The standard InChI is InChI=1S/C48H47F8N15O6/c49-39-26(1-3-33(39)76-43(72)64-45-10-21(11-45)12-45)30-7-35(67-66-30)62-42-61-29(8-37-59-25(18-70(37)42)20-75-48(54,55)56)28-6-32(28)71-38(63-41-60-23(16-57)5-36-58-24(17-69(36)41)19-74-47(51,52)53)9-31(68-71)27-2-4-34(40(27)50)77-44(73)65-46-13-22(14-46)15-46/h5,7-9,17-18,21-22,26-28,32-34,39-40H,1-4,6,10-15,19-20H2,(H5,58,59,60,61,62,63,64,65,66,67,68,72,73)/p+1/t21?,22?,26-,27-,28?,32?,33-,34-,39-,40-,45?,46?/m1/s1. The van der Waals surface area contributed by atoms with E-state index in [0.717, 1.165) is 38.5 Å². The minimum absolute atomic E-state index is 0.0448. The van der Waals surface area contributed by atoms with Crippen LogP contribution in [0.5, 0.6) is 0 Å². The molecule has 0 aliphatic heterocycles. The molecule has 0 spiro atoms. The number of nitriles is 1. The van der Waals surface area contributed by atoms with Gasteiger partial charge in [0.25, 0.3) is 0 Å². The van der Waals surface area contributed by atoms with Crippen molar-refractivity contribution in [3.8, 4) is 6.07 Å². The average molecular weight is 1080 g/mol. The zero-order valence-electron chi connectivity index (χ0n) is 40.4. The molecule has 6 heterocycles. The van der Waals surface area contributed by atoms with Crippen molar-refractivity contribution in [1.82, 2.24) is 54.7 Å². The van der Waals surface area contributed by atoms with E-state index in [9.17, 15) is 41.2 Å². The topological polar surface area (TPSA) is 252 Å². The number of nitrogens with zero attached hydrogens (tertiary/aromatic N) is 9. The molecule has 6 N–H and O–H groups in total. The SMILES string of the molecule is N#Cc1cc2nc(COC(F)(F)F)cn2c(Nc2cc([C@H]3CC[C@@H](OC(=O)NC45CC(C4)C5)[C@@H]3F)[nH][n+]2C2CC2c2cc3nc(COC(F)(F)F)cn3c(Nc3cc([C@H]4CC[C@@H](OC(=O)NC56CC(C5)C6)[C@@H]4F)[nH]n3)n2)n1. The third-order valence-corrected chi connectivity index (χ3v) is 16.4. The predicted molar refractivity (Wildman–Crippen MR) is 246 cm³/mol. The monoisotopic (exact) mass is 1080 g/mol. The number of halogens is 8. The number of aromatic nitrogens is 10. The summed E-state index contributed by atoms with van der Waals surface area (Å²) in [5.41, 5.74) is 0.564. The van der Waals surface area contributed by atoms with E-state index >= 15 is 8.78 Å². The molecular weight excluding hydrogens is 1030 g/mol. The predicted octanol–water partition coefficient (Wildman–Crippen LogP) is 8.00. The third-order valence-electron chi connectivity index (χ3n) is 16.4. The maximum Gasteiger partial charge on any atom is 0.522 e. The van der Waals surface area contributed by atoms with Crippen LogP contribution in [-0.4, -0.2) is 105 Å². The molecule has 0 saturated heterocycles. The van der Waals surface area contributed by atoms with Crippen LogP contribution in [0.15, 0.2) is 36.7 Å². The third kappa shape index (κ3) is 9.45. The van der Waals surface area contributed by atoms with Gasteiger partial charge in [0.2, 0.25) is 5.95 Å². The van der Waals surface area contributed by atoms with Crippen molar-refractivity contribution in [1.29, 1.82) is 5.26 Å². The smallest absolute Gasteiger partial charge is 0.443 e. The fourth-order valence-corrected chi connectivity index (χ4v) is 12.3. The van der Waals surface area contributed by atoms with E-state index in [1.54, 1.807) is 22.9 Å². The Kier molecular flexibility index (Phi) is 11.4. The summed E-state index contributed by atoms with van der Waals surface area (Å²) < 4.78 is 135. The Labute approximate surface area is 429 Å². The van der Waals surface area contributed by atoms with Gasteiger partial charge in [-0.05, 0) is 76.0 Å². The van der Waals surface area contributed by atoms with E-state index in [1.807, 2.05) is 6.07 Å². The van der Waals surface area contributed by atoms with Gasteiger partial charge in [0.05, 0.1) is 42.1 Å². The summed E-state index contributed by atoms with van der Waals surface area (Å²) in [6, 6.07) is 7.49. The van der Waals surface area contributed by atoms with E-state index < -0.39 is 86.5 Å². The summed E-state index contributed by atoms with van der Waals surface area (Å²) in [6.07, 6.45) is -7.08. The van der Waals surface area contributed by atoms with Crippen molar-refractivity contribution in [2.24, 2.45) is 11.8 Å². The first-order chi connectivity index (χ1) is 36.7. The Balaban J connectivity index is 0.788. The number of alkyl carbamates (subject to hydrolysis) is 2. The molecule has 9 aliphatic rings. The Morgan fingerprint density at radius 3 is 1.79 bits per heavy atom. The molecule has 21 nitrogen and oxygen atoms in total. The summed E-state index contributed by atoms with van der Waals surface area (Å²) in [7, 11) is 0. The fourth-order valence-electron chi connectivity index (χ4n) is 12.3. The van der Waals surface area contributed by atoms with Crippen molar-refractivity contribution in [2.75, 3.05) is 10.6 Å². The van der Waals surface area contributed by atoms with Gasteiger partial charge >= 0.3 is 36.7 Å². The van der Waals surface area contributed by atoms with Gasteiger partial charge in [-0.1, -0.05) is 0 Å². The highest BCUT2D eigenvalue weighted by molar-refractivity contribution is 5.70. The van der Waals surface area contributed by atoms with E-state index in [1.165, 1.54) is 27.3 Å². The van der Waals surface area contributed by atoms with Crippen LogP contribution in [0.2, 0.25) is 0 Å². The Morgan fingerprint density at radius 2 is 1.26 bits per heavy atom. The van der Waals surface area contributed by atoms with Crippen molar-refractivity contribution in [3.63, 3.8) is 0 Å². The van der Waals surface area contributed by atoms with Crippen molar-refractivity contribution >= 4 is 47.0 Å². The second kappa shape index (κ2) is 17.9. The molecule has 0 radical (unpaired) electrons. The molecule has 15 rings (SSSR count). The lowest BCUT2D eigenvalue weighted by Crippen LogP contribution is -2.68. The highest BCUT2D eigenvalue weighted by atomic mass is 19.4. The molecule has 9 saturated carbocycles. The number of anilines is 4. The molecule has 2 unspecified atom stereocenters. The van der Waals surface area contributed by atoms with Gasteiger partial charge in [0.15, 0.2) is 5.82 Å². The van der Waals surface area contributed by atoms with Crippen LogP contribution in [-0.2, 0) is 32.2 Å². The van der Waals surface area contributed by atoms with E-state index in [0.29, 0.717) is 41.8 Å². The maximum atomic E-state index is 16.5. The number of H-pyrrole nitrogens is 2. The number of hydrogen-bond donors (Lipinski definition) is 6. The summed E-state index contributed by atoms with van der Waals surface area (Å²) >= 11 is 0. The Hall–Kier alpha value is -7.35. The number of carbonyl (C=O) groups excluding carboxylic acids is 2. The zero-order chi connectivity index (χ0) is 53.3. The van der Waals surface area contributed by atoms with Crippen molar-refractivity contribution in [2.45, 2.75) is 156 Å². The number of ether oxygens (including phenoxy) is 4. The van der Waals surface area contributed by atoms with Crippen LogP contribution < -0.4 is 25.9 Å². The number of aromatic amines is 2. The molecule has 6 aromatic heterocycles. The number of hydrogen-bond acceptors (Lipinski definition) is 14. The first-order valence-corrected chi connectivity index (χ1v) is 25.3. The first-order valence-electron chi connectivity index (χ1n) is 25.3. The lowest BCUT2D eigenvalue weighted by Gasteiger charge is -2.61. The molecule has 406 valence electrons. The van der Waals surface area contributed by atoms with Gasteiger partial charge in [-0.25, -0.2) is 48.1 Å². The van der Waals surface area contributed by atoms with Gasteiger partial charge in [0.1, 0.15) is 53.7 Å². The zero-order valence-corrected chi connectivity index (χ0v) is 40.4. The summed E-state index contributed by atoms with van der Waals surface area (Å²) in [6.45, 7) is -1.86. The summed E-state index contributed by atoms with van der Waals surface area (Å²) in [5, 5.41) is 32.5. The van der Waals surface area contributed by atoms with E-state index in [4.69, 9.17) is 14.5 Å². The largest absolute Gasteiger partial charge is 0.522 e. The van der Waals surface area contributed by atoms with Gasteiger partial charge in [-0.3, -0.25) is 19.0 Å². The van der Waals surface area contributed by atoms with E-state index in [-0.39, 0.29) is 82.2 Å². The molecule has 2 amide bonds. The van der Waals surface area contributed by atoms with Crippen molar-refractivity contribution in [3.05, 3.63) is 70.8 Å². The molecule has 9 fully saturated rings. The molecule has 8 atom stereocenters. The first kappa shape index (κ1) is 49.2. The van der Waals surface area contributed by atoms with Gasteiger partial charge in [0, 0.05) is 71.5 Å². The van der Waals surface area contributed by atoms with Gasteiger partial charge in [-0.2, -0.15) is 20.0 Å². The number of carbonyl (C=O) groups is 2. The number of rotatable bonds is 16. The fraction of sp³-hybridized carbons (Fsp3) is 0.562. The number of imidazole rings is 2. The number of amides is 2. The van der Waals surface area contributed by atoms with Gasteiger partial charge < -0.3 is 25.4 Å². The highest BCUT2D eigenvalue weighted by Crippen LogP contribution is 2.58. The average Bonchev–Trinajstić information content (AvgIpc) is 4.20. The van der Waals surface area contributed by atoms with Gasteiger partial charge in [-0.15, -0.1) is 26.3 Å². The lowest BCUT2D eigenvalue weighted by atomic mass is 9.50. The van der Waals surface area contributed by atoms with E-state index in [2.05, 4.69) is 61.0 Å². The molecule has 29 heteroatoms. The minimum Gasteiger partial charge on any atom is -0.443 e.